The first-order valence-corrected chi connectivity index (χ1v) is 11.6. The summed E-state index contributed by atoms with van der Waals surface area (Å²) in [7, 11) is 0. The van der Waals surface area contributed by atoms with Gasteiger partial charge in [-0.3, -0.25) is 4.79 Å². The van der Waals surface area contributed by atoms with E-state index in [1.54, 1.807) is 6.33 Å². The molecule has 158 valence electrons. The molecule has 5 fully saturated rings. The van der Waals surface area contributed by atoms with Gasteiger partial charge in [0, 0.05) is 12.0 Å². The summed E-state index contributed by atoms with van der Waals surface area (Å²) in [6.45, 7) is 5.41. The van der Waals surface area contributed by atoms with Crippen LogP contribution in [0.15, 0.2) is 43.0 Å². The van der Waals surface area contributed by atoms with Gasteiger partial charge in [-0.15, -0.1) is 0 Å². The topological polar surface area (TPSA) is 59.8 Å². The fourth-order valence-electron chi connectivity index (χ4n) is 7.98. The molecule has 5 aliphatic rings. The molecular formula is C25H32N4O. The Morgan fingerprint density at radius 1 is 1.10 bits per heavy atom. The molecule has 5 heteroatoms. The summed E-state index contributed by atoms with van der Waals surface area (Å²) in [5, 5.41) is 8.00. The lowest BCUT2D eigenvalue weighted by atomic mass is 9.46. The standard InChI is InChI=1S/C25H32N4O/c1-22(2)13-25(22,20-6-4-3-5-7-20)15-27-21(30)23-9-18-8-19(10-23)12-24(11-18,14-23)29-17-26-16-28-29/h3-7,16-19H,8-15H2,1-2H3,(H,27,30). The van der Waals surface area contributed by atoms with E-state index in [4.69, 9.17) is 0 Å². The predicted octanol–water partition coefficient (Wildman–Crippen LogP) is 4.06. The minimum Gasteiger partial charge on any atom is -0.355 e. The summed E-state index contributed by atoms with van der Waals surface area (Å²) in [4.78, 5) is 18.0. The Morgan fingerprint density at radius 3 is 2.40 bits per heavy atom. The minimum atomic E-state index is -0.229. The molecule has 0 spiro atoms. The molecule has 1 heterocycles. The maximum Gasteiger partial charge on any atom is 0.226 e. The van der Waals surface area contributed by atoms with Crippen molar-refractivity contribution < 1.29 is 4.79 Å². The second-order valence-corrected chi connectivity index (χ2v) is 11.5. The molecule has 7 rings (SSSR count). The third-order valence-corrected chi connectivity index (χ3v) is 9.21. The van der Waals surface area contributed by atoms with Gasteiger partial charge in [-0.1, -0.05) is 44.2 Å². The SMILES string of the molecule is CC1(C)CC1(CNC(=O)C12CC3CC(C1)CC(n1cncn1)(C3)C2)c1ccccc1. The number of nitrogens with one attached hydrogen (secondary N) is 1. The van der Waals surface area contributed by atoms with Gasteiger partial charge in [0.1, 0.15) is 12.7 Å². The van der Waals surface area contributed by atoms with Crippen LogP contribution in [0.2, 0.25) is 0 Å². The summed E-state index contributed by atoms with van der Waals surface area (Å²) in [5.41, 5.74) is 1.42. The molecule has 4 bridgehead atoms. The number of carbonyl (C=O) groups is 1. The van der Waals surface area contributed by atoms with Crippen LogP contribution in [-0.4, -0.2) is 27.2 Å². The molecule has 1 aromatic heterocycles. The first-order valence-electron chi connectivity index (χ1n) is 11.6. The maximum absolute atomic E-state index is 13.8. The first-order chi connectivity index (χ1) is 14.4. The third-order valence-electron chi connectivity index (χ3n) is 9.21. The zero-order valence-electron chi connectivity index (χ0n) is 18.1. The van der Waals surface area contributed by atoms with E-state index in [-0.39, 0.29) is 21.8 Å². The first kappa shape index (κ1) is 18.6. The molecule has 1 aromatic carbocycles. The smallest absolute Gasteiger partial charge is 0.226 e. The fraction of sp³-hybridized carbons (Fsp3) is 0.640. The lowest BCUT2D eigenvalue weighted by Gasteiger charge is -2.61. The van der Waals surface area contributed by atoms with Crippen LogP contribution in [0.1, 0.15) is 64.4 Å². The van der Waals surface area contributed by atoms with Crippen molar-refractivity contribution in [3.8, 4) is 0 Å². The van der Waals surface area contributed by atoms with Crippen molar-refractivity contribution in [1.29, 1.82) is 0 Å². The summed E-state index contributed by atoms with van der Waals surface area (Å²) in [6.07, 6.45) is 11.3. The highest BCUT2D eigenvalue weighted by molar-refractivity contribution is 5.83. The van der Waals surface area contributed by atoms with Gasteiger partial charge >= 0.3 is 0 Å². The molecular weight excluding hydrogens is 372 g/mol. The molecule has 1 amide bonds. The van der Waals surface area contributed by atoms with Crippen molar-refractivity contribution in [3.63, 3.8) is 0 Å². The van der Waals surface area contributed by atoms with E-state index in [2.05, 4.69) is 64.3 Å². The monoisotopic (exact) mass is 404 g/mol. The zero-order chi connectivity index (χ0) is 20.6. The number of carbonyl (C=O) groups excluding carboxylic acids is 1. The van der Waals surface area contributed by atoms with Crippen LogP contribution in [0.5, 0.6) is 0 Å². The molecule has 0 aliphatic heterocycles. The highest BCUT2D eigenvalue weighted by atomic mass is 16.2. The zero-order valence-corrected chi connectivity index (χ0v) is 18.1. The Labute approximate surface area is 178 Å². The molecule has 0 saturated heterocycles. The Morgan fingerprint density at radius 2 is 1.80 bits per heavy atom. The van der Waals surface area contributed by atoms with Crippen LogP contribution in [0.4, 0.5) is 0 Å². The number of rotatable bonds is 5. The van der Waals surface area contributed by atoms with Gasteiger partial charge in [0.05, 0.1) is 11.0 Å². The van der Waals surface area contributed by atoms with E-state index in [9.17, 15) is 4.79 Å². The Balaban J connectivity index is 1.26. The van der Waals surface area contributed by atoms with Gasteiger partial charge in [0.25, 0.3) is 0 Å². The Kier molecular flexibility index (Phi) is 3.69. The van der Waals surface area contributed by atoms with Crippen molar-refractivity contribution in [2.24, 2.45) is 22.7 Å². The number of aromatic nitrogens is 3. The molecule has 3 unspecified atom stereocenters. The van der Waals surface area contributed by atoms with Crippen molar-refractivity contribution >= 4 is 5.91 Å². The summed E-state index contributed by atoms with van der Waals surface area (Å²) in [6, 6.07) is 10.8. The van der Waals surface area contributed by atoms with Gasteiger partial charge in [-0.25, -0.2) is 9.67 Å². The molecule has 0 radical (unpaired) electrons. The quantitative estimate of drug-likeness (QED) is 0.818. The number of hydrogen-bond donors (Lipinski definition) is 1. The van der Waals surface area contributed by atoms with Crippen LogP contribution < -0.4 is 5.32 Å². The van der Waals surface area contributed by atoms with Gasteiger partial charge in [-0.2, -0.15) is 5.10 Å². The van der Waals surface area contributed by atoms with E-state index in [0.717, 1.165) is 45.1 Å². The second-order valence-electron chi connectivity index (χ2n) is 11.5. The van der Waals surface area contributed by atoms with Crippen LogP contribution in [0.3, 0.4) is 0 Å². The molecule has 1 N–H and O–H groups in total. The van der Waals surface area contributed by atoms with Gasteiger partial charge < -0.3 is 5.32 Å². The highest BCUT2D eigenvalue weighted by Crippen LogP contribution is 2.65. The molecule has 2 aromatic rings. The molecule has 5 saturated carbocycles. The average molecular weight is 405 g/mol. The average Bonchev–Trinajstić information content (AvgIpc) is 3.08. The highest BCUT2D eigenvalue weighted by Gasteiger charge is 2.64. The predicted molar refractivity (Wildman–Crippen MR) is 115 cm³/mol. The lowest BCUT2D eigenvalue weighted by molar-refractivity contribution is -0.156. The van der Waals surface area contributed by atoms with Crippen LogP contribution >= 0.6 is 0 Å². The molecule has 5 aliphatic carbocycles. The van der Waals surface area contributed by atoms with E-state index >= 15 is 0 Å². The van der Waals surface area contributed by atoms with Gasteiger partial charge in [0.15, 0.2) is 0 Å². The summed E-state index contributed by atoms with van der Waals surface area (Å²) < 4.78 is 2.09. The molecule has 3 atom stereocenters. The van der Waals surface area contributed by atoms with Gasteiger partial charge in [-0.05, 0) is 67.8 Å². The summed E-state index contributed by atoms with van der Waals surface area (Å²) >= 11 is 0. The number of benzene rings is 1. The van der Waals surface area contributed by atoms with Crippen molar-refractivity contribution in [3.05, 3.63) is 48.5 Å². The Hall–Kier alpha value is -2.17. The van der Waals surface area contributed by atoms with Crippen LogP contribution in [0.25, 0.3) is 0 Å². The molecule has 5 nitrogen and oxygen atoms in total. The number of amides is 1. The maximum atomic E-state index is 13.8. The largest absolute Gasteiger partial charge is 0.355 e. The second kappa shape index (κ2) is 5.95. The van der Waals surface area contributed by atoms with Crippen LogP contribution in [-0.2, 0) is 15.7 Å². The van der Waals surface area contributed by atoms with E-state index in [0.29, 0.717) is 17.7 Å². The van der Waals surface area contributed by atoms with Crippen molar-refractivity contribution in [2.75, 3.05) is 6.54 Å². The van der Waals surface area contributed by atoms with Crippen molar-refractivity contribution in [1.82, 2.24) is 20.1 Å². The normalized spacial score (nSPS) is 40.3. The third kappa shape index (κ3) is 2.50. The van der Waals surface area contributed by atoms with Gasteiger partial charge in [0.2, 0.25) is 5.91 Å². The number of nitrogens with zero attached hydrogens (tertiary/aromatic N) is 3. The Bertz CT molecular complexity index is 952. The lowest BCUT2D eigenvalue weighted by Crippen LogP contribution is -2.61. The fourth-order valence-corrected chi connectivity index (χ4v) is 7.98. The number of hydrogen-bond acceptors (Lipinski definition) is 3. The molecule has 30 heavy (non-hydrogen) atoms. The van der Waals surface area contributed by atoms with Crippen molar-refractivity contribution in [2.45, 2.75) is 69.7 Å². The van der Waals surface area contributed by atoms with E-state index < -0.39 is 0 Å². The van der Waals surface area contributed by atoms with E-state index in [1.165, 1.54) is 12.0 Å². The minimum absolute atomic E-state index is 0.00606. The van der Waals surface area contributed by atoms with E-state index in [1.807, 2.05) is 6.33 Å². The summed E-state index contributed by atoms with van der Waals surface area (Å²) in [5.74, 6) is 1.57. The van der Waals surface area contributed by atoms with Crippen LogP contribution in [0, 0.1) is 22.7 Å².